The Hall–Kier alpha value is -3.26. The van der Waals surface area contributed by atoms with E-state index in [1.54, 1.807) is 6.08 Å². The third kappa shape index (κ3) is 9.86. The maximum Gasteiger partial charge on any atom is 0.185 e. The molecule has 3 rings (SSSR count). The van der Waals surface area contributed by atoms with E-state index in [4.69, 9.17) is 0 Å². The van der Waals surface area contributed by atoms with Crippen molar-refractivity contribution >= 4 is 17.9 Å². The van der Waals surface area contributed by atoms with Gasteiger partial charge in [-0.1, -0.05) is 106 Å². The van der Waals surface area contributed by atoms with Crippen LogP contribution in [0.5, 0.6) is 0 Å². The Kier molecular flexibility index (Phi) is 11.2. The van der Waals surface area contributed by atoms with E-state index in [1.807, 2.05) is 12.2 Å². The molecule has 0 aliphatic heterocycles. The fourth-order valence-corrected chi connectivity index (χ4v) is 4.22. The summed E-state index contributed by atoms with van der Waals surface area (Å²) in [6.45, 7) is 3.80. The van der Waals surface area contributed by atoms with E-state index in [0.29, 0.717) is 5.56 Å². The van der Waals surface area contributed by atoms with Gasteiger partial charge in [0.1, 0.15) is 5.82 Å². The number of unbranched alkanes of at least 4 members (excludes halogenated alkanes) is 7. The average molecular weight is 469 g/mol. The molecule has 1 nitrogen and oxygen atoms in total. The third-order valence-corrected chi connectivity index (χ3v) is 6.43. The summed E-state index contributed by atoms with van der Waals surface area (Å²) in [6.07, 6.45) is 17.9. The summed E-state index contributed by atoms with van der Waals surface area (Å²) in [7, 11) is 0. The number of rotatable bonds is 15. The summed E-state index contributed by atoms with van der Waals surface area (Å²) < 4.78 is 13.0. The third-order valence-electron chi connectivity index (χ3n) is 6.43. The molecule has 3 aromatic rings. The van der Waals surface area contributed by atoms with Crippen LogP contribution in [0.3, 0.4) is 0 Å². The lowest BCUT2D eigenvalue weighted by atomic mass is 10.0. The number of halogens is 1. The van der Waals surface area contributed by atoms with E-state index in [1.165, 1.54) is 98.7 Å². The molecule has 0 radical (unpaired) electrons. The molecule has 0 aliphatic carbocycles. The summed E-state index contributed by atoms with van der Waals surface area (Å²) >= 11 is 0. The molecule has 0 aromatic heterocycles. The molecule has 0 atom stereocenters. The Labute approximate surface area is 210 Å². The molecular formula is C33H37FO. The van der Waals surface area contributed by atoms with Gasteiger partial charge in [0.15, 0.2) is 5.78 Å². The monoisotopic (exact) mass is 468 g/mol. The lowest BCUT2D eigenvalue weighted by Gasteiger charge is -2.04. The predicted octanol–water partition coefficient (Wildman–Crippen LogP) is 9.27. The molecule has 0 bridgehead atoms. The van der Waals surface area contributed by atoms with Gasteiger partial charge in [-0.05, 0) is 78.3 Å². The molecule has 0 amide bonds. The van der Waals surface area contributed by atoms with Crippen LogP contribution in [0.25, 0.3) is 12.2 Å². The lowest BCUT2D eigenvalue weighted by Crippen LogP contribution is -1.93. The maximum absolute atomic E-state index is 13.0. The number of carbonyl (C=O) groups excluding carboxylic acids is 1. The van der Waals surface area contributed by atoms with Gasteiger partial charge in [0, 0.05) is 5.56 Å². The van der Waals surface area contributed by atoms with Gasteiger partial charge in [0.25, 0.3) is 0 Å². The Morgan fingerprint density at radius 3 is 1.57 bits per heavy atom. The molecule has 3 aromatic carbocycles. The van der Waals surface area contributed by atoms with Crippen molar-refractivity contribution in [2.75, 3.05) is 0 Å². The van der Waals surface area contributed by atoms with Gasteiger partial charge in [-0.15, -0.1) is 0 Å². The van der Waals surface area contributed by atoms with Crippen LogP contribution in [0.1, 0.15) is 84.0 Å². The summed E-state index contributed by atoms with van der Waals surface area (Å²) in [5.41, 5.74) is 5.45. The van der Waals surface area contributed by atoms with Crippen molar-refractivity contribution in [1.29, 1.82) is 0 Å². The van der Waals surface area contributed by atoms with Crippen LogP contribution < -0.4 is 0 Å². The van der Waals surface area contributed by atoms with Gasteiger partial charge in [0.2, 0.25) is 0 Å². The van der Waals surface area contributed by atoms with Gasteiger partial charge in [-0.3, -0.25) is 4.79 Å². The molecule has 0 saturated heterocycles. The van der Waals surface area contributed by atoms with E-state index >= 15 is 0 Å². The molecular weight excluding hydrogens is 431 g/mol. The molecule has 0 heterocycles. The average Bonchev–Trinajstić information content (AvgIpc) is 2.89. The second kappa shape index (κ2) is 14.9. The lowest BCUT2D eigenvalue weighted by molar-refractivity contribution is 0.104. The summed E-state index contributed by atoms with van der Waals surface area (Å²) in [4.78, 5) is 12.2. The minimum Gasteiger partial charge on any atom is -0.289 e. The van der Waals surface area contributed by atoms with E-state index in [2.05, 4.69) is 55.1 Å². The Morgan fingerprint density at radius 1 is 0.629 bits per heavy atom. The van der Waals surface area contributed by atoms with E-state index in [-0.39, 0.29) is 11.6 Å². The van der Waals surface area contributed by atoms with Gasteiger partial charge >= 0.3 is 0 Å². The first-order chi connectivity index (χ1) is 17.1. The van der Waals surface area contributed by atoms with Crippen LogP contribution in [0.15, 0.2) is 85.5 Å². The largest absolute Gasteiger partial charge is 0.289 e. The van der Waals surface area contributed by atoms with Crippen molar-refractivity contribution in [3.8, 4) is 0 Å². The zero-order chi connectivity index (χ0) is 24.7. The quantitative estimate of drug-likeness (QED) is 0.123. The zero-order valence-corrected chi connectivity index (χ0v) is 20.7. The van der Waals surface area contributed by atoms with Crippen molar-refractivity contribution in [3.05, 3.63) is 119 Å². The smallest absolute Gasteiger partial charge is 0.185 e. The topological polar surface area (TPSA) is 17.1 Å². The zero-order valence-electron chi connectivity index (χ0n) is 20.7. The van der Waals surface area contributed by atoms with Gasteiger partial charge in [-0.25, -0.2) is 4.39 Å². The van der Waals surface area contributed by atoms with Crippen molar-refractivity contribution in [2.24, 2.45) is 0 Å². The molecule has 0 saturated carbocycles. The van der Waals surface area contributed by atoms with Crippen LogP contribution in [0.2, 0.25) is 0 Å². The number of ketones is 1. The number of carbonyl (C=O) groups is 1. The second-order valence-corrected chi connectivity index (χ2v) is 9.22. The summed E-state index contributed by atoms with van der Waals surface area (Å²) in [5.74, 6) is -0.452. The highest BCUT2D eigenvalue weighted by molar-refractivity contribution is 6.06. The standard InChI is InChI=1S/C33H37FO/c1-2-27-13-15-28(16-14-27)11-9-7-5-3-4-6-8-10-12-29-17-19-30(20-18-29)21-26-33(35)31-22-24-32(34)25-23-31/h2,13-26H,1,3-12H2. The maximum atomic E-state index is 13.0. The van der Waals surface area contributed by atoms with Crippen LogP contribution in [0.4, 0.5) is 4.39 Å². The van der Waals surface area contributed by atoms with E-state index in [9.17, 15) is 9.18 Å². The number of aryl methyl sites for hydroxylation is 2. The second-order valence-electron chi connectivity index (χ2n) is 9.22. The molecule has 2 heteroatoms. The SMILES string of the molecule is C=Cc1ccc(CCCCCCCCCCc2ccc(C=CC(=O)c3ccc(F)cc3)cc2)cc1. The first-order valence-electron chi connectivity index (χ1n) is 12.9. The van der Waals surface area contributed by atoms with Crippen molar-refractivity contribution in [1.82, 2.24) is 0 Å². The Morgan fingerprint density at radius 2 is 1.09 bits per heavy atom. The number of allylic oxidation sites excluding steroid dienone is 1. The molecule has 182 valence electrons. The minimum atomic E-state index is -0.335. The normalized spacial score (nSPS) is 11.1. The van der Waals surface area contributed by atoms with Crippen molar-refractivity contribution < 1.29 is 9.18 Å². The van der Waals surface area contributed by atoms with Gasteiger partial charge in [-0.2, -0.15) is 0 Å². The molecule has 0 unspecified atom stereocenters. The van der Waals surface area contributed by atoms with Gasteiger partial charge in [0.05, 0.1) is 0 Å². The van der Waals surface area contributed by atoms with Gasteiger partial charge < -0.3 is 0 Å². The van der Waals surface area contributed by atoms with Crippen LogP contribution in [0, 0.1) is 5.82 Å². The predicted molar refractivity (Wildman–Crippen MR) is 147 cm³/mol. The fourth-order valence-electron chi connectivity index (χ4n) is 4.22. The molecule has 0 fully saturated rings. The van der Waals surface area contributed by atoms with E-state index < -0.39 is 0 Å². The Bertz CT molecular complexity index is 1060. The Balaban J connectivity index is 1.22. The van der Waals surface area contributed by atoms with Crippen molar-refractivity contribution in [3.63, 3.8) is 0 Å². The highest BCUT2D eigenvalue weighted by Crippen LogP contribution is 2.15. The first kappa shape index (κ1) is 26.3. The minimum absolute atomic E-state index is 0.118. The van der Waals surface area contributed by atoms with Crippen molar-refractivity contribution in [2.45, 2.75) is 64.2 Å². The fraction of sp³-hybridized carbons (Fsp3) is 0.303. The summed E-state index contributed by atoms with van der Waals surface area (Å²) in [6, 6.07) is 22.8. The van der Waals surface area contributed by atoms with E-state index in [0.717, 1.165) is 12.0 Å². The highest BCUT2D eigenvalue weighted by atomic mass is 19.1. The summed E-state index contributed by atoms with van der Waals surface area (Å²) in [5, 5.41) is 0. The molecule has 35 heavy (non-hydrogen) atoms. The highest BCUT2D eigenvalue weighted by Gasteiger charge is 2.02. The number of hydrogen-bond acceptors (Lipinski definition) is 1. The molecule has 0 spiro atoms. The van der Waals surface area contributed by atoms with Crippen LogP contribution in [-0.2, 0) is 12.8 Å². The number of hydrogen-bond donors (Lipinski definition) is 0. The molecule has 0 aliphatic rings. The number of benzene rings is 3. The van der Waals surface area contributed by atoms with Crippen LogP contribution >= 0.6 is 0 Å². The van der Waals surface area contributed by atoms with Crippen LogP contribution in [-0.4, -0.2) is 5.78 Å². The first-order valence-corrected chi connectivity index (χ1v) is 12.9. The molecule has 0 N–H and O–H groups in total.